The highest BCUT2D eigenvalue weighted by Crippen LogP contribution is 2.36. The number of benzene rings is 2. The van der Waals surface area contributed by atoms with Crippen molar-refractivity contribution in [2.24, 2.45) is 12.8 Å². The van der Waals surface area contributed by atoms with Gasteiger partial charge in [-0.3, -0.25) is 0 Å². The monoisotopic (exact) mass is 300 g/mol. The number of aromatic nitrogens is 1. The summed E-state index contributed by atoms with van der Waals surface area (Å²) < 4.78 is 15.5. The van der Waals surface area contributed by atoms with Gasteiger partial charge in [-0.25, -0.2) is 4.39 Å². The normalized spacial score (nSPS) is 11.2. The summed E-state index contributed by atoms with van der Waals surface area (Å²) >= 11 is 1.67. The molecule has 0 aliphatic rings. The molecular weight excluding hydrogens is 283 g/mol. The summed E-state index contributed by atoms with van der Waals surface area (Å²) in [5.74, 6) is -0.208. The Labute approximate surface area is 127 Å². The van der Waals surface area contributed by atoms with Gasteiger partial charge in [0.05, 0.1) is 0 Å². The first kappa shape index (κ1) is 14.2. The lowest BCUT2D eigenvalue weighted by molar-refractivity contribution is 0.623. The maximum Gasteiger partial charge on any atom is 0.123 e. The first-order valence-electron chi connectivity index (χ1n) is 6.89. The Kier molecular flexibility index (Phi) is 3.99. The summed E-state index contributed by atoms with van der Waals surface area (Å²) in [4.78, 5) is 2.25. The van der Waals surface area contributed by atoms with Gasteiger partial charge in [0.15, 0.2) is 0 Å². The second kappa shape index (κ2) is 5.92. The molecule has 0 radical (unpaired) electrons. The second-order valence-electron chi connectivity index (χ2n) is 5.01. The topological polar surface area (TPSA) is 30.9 Å². The van der Waals surface area contributed by atoms with Crippen molar-refractivity contribution in [3.63, 3.8) is 0 Å². The van der Waals surface area contributed by atoms with Gasteiger partial charge in [0, 0.05) is 33.9 Å². The van der Waals surface area contributed by atoms with Gasteiger partial charge in [-0.15, -0.1) is 0 Å². The van der Waals surface area contributed by atoms with Crippen LogP contribution in [0.3, 0.4) is 0 Å². The minimum Gasteiger partial charge on any atom is -0.349 e. The Morgan fingerprint density at radius 2 is 1.95 bits per heavy atom. The molecule has 0 spiro atoms. The van der Waals surface area contributed by atoms with Crippen LogP contribution in [0.15, 0.2) is 58.5 Å². The standard InChI is InChI=1S/C17H17FN2S/c1-20-11-17(14-4-2-3-5-15(14)20)21-16-7-6-13(18)10-12(16)8-9-19/h2-7,10-11H,8-9,19H2,1H3. The van der Waals surface area contributed by atoms with Crippen molar-refractivity contribution in [3.05, 3.63) is 60.0 Å². The Balaban J connectivity index is 2.02. The van der Waals surface area contributed by atoms with Gasteiger partial charge in [-0.2, -0.15) is 0 Å². The van der Waals surface area contributed by atoms with Crippen LogP contribution in [-0.4, -0.2) is 11.1 Å². The Morgan fingerprint density at radius 3 is 2.76 bits per heavy atom. The molecule has 0 amide bonds. The minimum atomic E-state index is -0.208. The Morgan fingerprint density at radius 1 is 1.14 bits per heavy atom. The van der Waals surface area contributed by atoms with E-state index in [1.807, 2.05) is 25.2 Å². The average Bonchev–Trinajstić information content (AvgIpc) is 2.79. The molecule has 2 nitrogen and oxygen atoms in total. The highest BCUT2D eigenvalue weighted by atomic mass is 32.2. The molecule has 2 N–H and O–H groups in total. The number of fused-ring (bicyclic) bond motifs is 1. The molecule has 0 unspecified atom stereocenters. The number of hydrogen-bond donors (Lipinski definition) is 1. The van der Waals surface area contributed by atoms with Crippen molar-refractivity contribution in [1.82, 2.24) is 4.57 Å². The zero-order valence-corrected chi connectivity index (χ0v) is 12.7. The number of aryl methyl sites for hydroxylation is 1. The molecule has 3 aromatic rings. The maximum atomic E-state index is 13.4. The Bertz CT molecular complexity index is 780. The zero-order valence-electron chi connectivity index (χ0n) is 11.8. The van der Waals surface area contributed by atoms with E-state index in [2.05, 4.69) is 22.9 Å². The van der Waals surface area contributed by atoms with Crippen LogP contribution in [0.4, 0.5) is 4.39 Å². The zero-order chi connectivity index (χ0) is 14.8. The molecule has 0 atom stereocenters. The number of hydrogen-bond acceptors (Lipinski definition) is 2. The van der Waals surface area contributed by atoms with E-state index < -0.39 is 0 Å². The second-order valence-corrected chi connectivity index (χ2v) is 6.10. The lowest BCUT2D eigenvalue weighted by atomic mass is 10.1. The summed E-state index contributed by atoms with van der Waals surface area (Å²) in [5.41, 5.74) is 7.80. The van der Waals surface area contributed by atoms with E-state index in [1.165, 1.54) is 21.9 Å². The van der Waals surface area contributed by atoms with Gasteiger partial charge in [0.1, 0.15) is 5.82 Å². The van der Waals surface area contributed by atoms with Crippen molar-refractivity contribution in [2.75, 3.05) is 6.54 Å². The van der Waals surface area contributed by atoms with Crippen LogP contribution in [0.2, 0.25) is 0 Å². The van der Waals surface area contributed by atoms with Crippen LogP contribution in [0.1, 0.15) is 5.56 Å². The highest BCUT2D eigenvalue weighted by Gasteiger charge is 2.10. The van der Waals surface area contributed by atoms with Crippen molar-refractivity contribution in [2.45, 2.75) is 16.2 Å². The van der Waals surface area contributed by atoms with Crippen molar-refractivity contribution >= 4 is 22.7 Å². The molecule has 0 bridgehead atoms. The fourth-order valence-corrected chi connectivity index (χ4v) is 3.66. The molecule has 0 saturated heterocycles. The third-order valence-electron chi connectivity index (χ3n) is 3.52. The molecule has 4 heteroatoms. The molecule has 1 heterocycles. The van der Waals surface area contributed by atoms with E-state index in [0.717, 1.165) is 10.5 Å². The SMILES string of the molecule is Cn1cc(Sc2ccc(F)cc2CCN)c2ccccc21. The van der Waals surface area contributed by atoms with Gasteiger partial charge >= 0.3 is 0 Å². The maximum absolute atomic E-state index is 13.4. The molecule has 21 heavy (non-hydrogen) atoms. The molecule has 0 aliphatic heterocycles. The Hall–Kier alpha value is -1.78. The predicted molar refractivity (Wildman–Crippen MR) is 86.2 cm³/mol. The van der Waals surface area contributed by atoms with Crippen LogP contribution in [0, 0.1) is 5.82 Å². The van der Waals surface area contributed by atoms with Gasteiger partial charge < -0.3 is 10.3 Å². The van der Waals surface area contributed by atoms with Crippen LogP contribution in [0.25, 0.3) is 10.9 Å². The molecule has 2 aromatic carbocycles. The lowest BCUT2D eigenvalue weighted by Gasteiger charge is -2.08. The number of halogens is 1. The quantitative estimate of drug-likeness (QED) is 0.790. The smallest absolute Gasteiger partial charge is 0.123 e. The molecule has 1 aromatic heterocycles. The van der Waals surface area contributed by atoms with Gasteiger partial charge in [0.2, 0.25) is 0 Å². The van der Waals surface area contributed by atoms with E-state index in [9.17, 15) is 4.39 Å². The van der Waals surface area contributed by atoms with Crippen LogP contribution in [-0.2, 0) is 13.5 Å². The van der Waals surface area contributed by atoms with E-state index in [4.69, 9.17) is 5.73 Å². The minimum absolute atomic E-state index is 0.208. The first-order valence-corrected chi connectivity index (χ1v) is 7.71. The number of para-hydroxylation sites is 1. The van der Waals surface area contributed by atoms with Crippen molar-refractivity contribution in [3.8, 4) is 0 Å². The van der Waals surface area contributed by atoms with E-state index in [1.54, 1.807) is 17.8 Å². The van der Waals surface area contributed by atoms with E-state index in [0.29, 0.717) is 13.0 Å². The summed E-state index contributed by atoms with van der Waals surface area (Å²) in [6, 6.07) is 13.2. The third-order valence-corrected chi connectivity index (χ3v) is 4.68. The lowest BCUT2D eigenvalue weighted by Crippen LogP contribution is -2.04. The van der Waals surface area contributed by atoms with Gasteiger partial charge in [0.25, 0.3) is 0 Å². The van der Waals surface area contributed by atoms with Crippen LogP contribution in [0.5, 0.6) is 0 Å². The van der Waals surface area contributed by atoms with Crippen LogP contribution < -0.4 is 5.73 Å². The fourth-order valence-electron chi connectivity index (χ4n) is 2.50. The molecule has 0 fully saturated rings. The summed E-state index contributed by atoms with van der Waals surface area (Å²) in [5, 5.41) is 1.22. The largest absolute Gasteiger partial charge is 0.349 e. The van der Waals surface area contributed by atoms with E-state index in [-0.39, 0.29) is 5.82 Å². The molecule has 0 aliphatic carbocycles. The molecule has 108 valence electrons. The van der Waals surface area contributed by atoms with Crippen LogP contribution >= 0.6 is 11.8 Å². The summed E-state index contributed by atoms with van der Waals surface area (Å²) in [6.07, 6.45) is 2.80. The number of nitrogens with zero attached hydrogens (tertiary/aromatic N) is 1. The third kappa shape index (κ3) is 2.82. The first-order chi connectivity index (χ1) is 10.2. The molecule has 0 saturated carbocycles. The number of nitrogens with two attached hydrogens (primary N) is 1. The summed E-state index contributed by atoms with van der Waals surface area (Å²) in [6.45, 7) is 0.520. The van der Waals surface area contributed by atoms with E-state index >= 15 is 0 Å². The van der Waals surface area contributed by atoms with Crippen molar-refractivity contribution in [1.29, 1.82) is 0 Å². The van der Waals surface area contributed by atoms with Gasteiger partial charge in [-0.05, 0) is 42.8 Å². The molecular formula is C17H17FN2S. The highest BCUT2D eigenvalue weighted by molar-refractivity contribution is 7.99. The summed E-state index contributed by atoms with van der Waals surface area (Å²) in [7, 11) is 2.04. The van der Waals surface area contributed by atoms with Gasteiger partial charge in [-0.1, -0.05) is 30.0 Å². The van der Waals surface area contributed by atoms with Crippen molar-refractivity contribution < 1.29 is 4.39 Å². The fraction of sp³-hybridized carbons (Fsp3) is 0.176. The number of rotatable bonds is 4. The predicted octanol–water partition coefficient (Wildman–Crippen LogP) is 3.97. The molecule has 3 rings (SSSR count). The average molecular weight is 300 g/mol.